The number of unbranched alkanes of at least 4 members (excludes halogenated alkanes) is 1. The highest BCUT2D eigenvalue weighted by Gasteiger charge is 2.30. The van der Waals surface area contributed by atoms with Crippen LogP contribution in [0.3, 0.4) is 0 Å². The molecule has 1 N–H and O–H groups in total. The Bertz CT molecular complexity index is 1060. The Kier molecular flexibility index (Phi) is 9.67. The summed E-state index contributed by atoms with van der Waals surface area (Å²) in [5.74, 6) is -1.36. The molecule has 0 aliphatic heterocycles. The van der Waals surface area contributed by atoms with E-state index in [4.69, 9.17) is 11.6 Å². The number of hydrogen-bond acceptors (Lipinski definition) is 4. The summed E-state index contributed by atoms with van der Waals surface area (Å²) in [7, 11) is -3.83. The van der Waals surface area contributed by atoms with Crippen LogP contribution in [0.5, 0.6) is 0 Å². The lowest BCUT2D eigenvalue weighted by atomic mass is 10.1. The molecule has 0 bridgehead atoms. The standard InChI is InChI=1S/C23H29ClFN3O4S/c1-4-5-13-26-23(30)17(2)27(15-18-9-11-20(25)12-10-18)22(29)16-28(33(3,31)32)21-8-6-7-19(24)14-21/h6-12,14,17H,4-5,13,15-16H2,1-3H3,(H,26,30)/t17-/m1/s1. The summed E-state index contributed by atoms with van der Waals surface area (Å²) in [6.45, 7) is 3.53. The van der Waals surface area contributed by atoms with Crippen LogP contribution in [0.1, 0.15) is 32.3 Å². The van der Waals surface area contributed by atoms with Gasteiger partial charge < -0.3 is 10.2 Å². The molecular formula is C23H29ClFN3O4S. The van der Waals surface area contributed by atoms with E-state index in [2.05, 4.69) is 5.32 Å². The molecule has 0 unspecified atom stereocenters. The zero-order valence-electron chi connectivity index (χ0n) is 18.9. The van der Waals surface area contributed by atoms with Gasteiger partial charge in [-0.2, -0.15) is 0 Å². The van der Waals surface area contributed by atoms with Crippen molar-refractivity contribution in [2.24, 2.45) is 0 Å². The number of sulfonamides is 1. The number of nitrogens with one attached hydrogen (secondary N) is 1. The van der Waals surface area contributed by atoms with Gasteiger partial charge in [0.15, 0.2) is 0 Å². The predicted molar refractivity (Wildman–Crippen MR) is 128 cm³/mol. The quantitative estimate of drug-likeness (QED) is 0.481. The molecule has 2 aromatic rings. The number of carbonyl (C=O) groups is 2. The summed E-state index contributed by atoms with van der Waals surface area (Å²) in [4.78, 5) is 27.3. The minimum atomic E-state index is -3.83. The number of amides is 2. The summed E-state index contributed by atoms with van der Waals surface area (Å²) in [6, 6.07) is 10.8. The van der Waals surface area contributed by atoms with Crippen LogP contribution < -0.4 is 9.62 Å². The fraction of sp³-hybridized carbons (Fsp3) is 0.391. The molecule has 0 fully saturated rings. The molecule has 7 nitrogen and oxygen atoms in total. The van der Waals surface area contributed by atoms with Gasteiger partial charge in [-0.05, 0) is 49.2 Å². The fourth-order valence-electron chi connectivity index (χ4n) is 3.15. The van der Waals surface area contributed by atoms with Crippen molar-refractivity contribution in [1.82, 2.24) is 10.2 Å². The smallest absolute Gasteiger partial charge is 0.244 e. The molecule has 2 aromatic carbocycles. The second-order valence-corrected chi connectivity index (χ2v) is 10.1. The van der Waals surface area contributed by atoms with Gasteiger partial charge in [0, 0.05) is 18.1 Å². The van der Waals surface area contributed by atoms with Gasteiger partial charge in [0.2, 0.25) is 21.8 Å². The normalized spacial score (nSPS) is 12.2. The number of carbonyl (C=O) groups excluding carboxylic acids is 2. The third-order valence-electron chi connectivity index (χ3n) is 5.04. The highest BCUT2D eigenvalue weighted by Crippen LogP contribution is 2.22. The lowest BCUT2D eigenvalue weighted by Crippen LogP contribution is -2.51. The van der Waals surface area contributed by atoms with E-state index in [1.165, 1.54) is 41.3 Å². The Morgan fingerprint density at radius 1 is 1.15 bits per heavy atom. The first-order valence-corrected chi connectivity index (χ1v) is 12.8. The van der Waals surface area contributed by atoms with Gasteiger partial charge in [-0.3, -0.25) is 13.9 Å². The Hall–Kier alpha value is -2.65. The molecule has 0 spiro atoms. The van der Waals surface area contributed by atoms with Crippen molar-refractivity contribution in [2.75, 3.05) is 23.7 Å². The van der Waals surface area contributed by atoms with Crippen molar-refractivity contribution in [1.29, 1.82) is 0 Å². The second kappa shape index (κ2) is 12.0. The van der Waals surface area contributed by atoms with Crippen molar-refractivity contribution in [3.05, 3.63) is 64.9 Å². The van der Waals surface area contributed by atoms with Crippen molar-refractivity contribution < 1.29 is 22.4 Å². The highest BCUT2D eigenvalue weighted by atomic mass is 35.5. The average molecular weight is 498 g/mol. The van der Waals surface area contributed by atoms with E-state index in [1.807, 2.05) is 6.92 Å². The van der Waals surface area contributed by atoms with Crippen molar-refractivity contribution in [2.45, 2.75) is 39.3 Å². The van der Waals surface area contributed by atoms with Crippen LogP contribution in [-0.2, 0) is 26.2 Å². The van der Waals surface area contributed by atoms with Crippen LogP contribution in [0.4, 0.5) is 10.1 Å². The van der Waals surface area contributed by atoms with E-state index in [0.29, 0.717) is 17.1 Å². The minimum Gasteiger partial charge on any atom is -0.354 e. The summed E-state index contributed by atoms with van der Waals surface area (Å²) >= 11 is 6.01. The zero-order chi connectivity index (χ0) is 24.6. The Balaban J connectivity index is 2.33. The van der Waals surface area contributed by atoms with E-state index in [1.54, 1.807) is 19.1 Å². The summed E-state index contributed by atoms with van der Waals surface area (Å²) < 4.78 is 39.2. The lowest BCUT2D eigenvalue weighted by Gasteiger charge is -2.31. The number of anilines is 1. The van der Waals surface area contributed by atoms with E-state index < -0.39 is 34.3 Å². The molecule has 0 aromatic heterocycles. The average Bonchev–Trinajstić information content (AvgIpc) is 2.75. The van der Waals surface area contributed by atoms with E-state index in [9.17, 15) is 22.4 Å². The lowest BCUT2D eigenvalue weighted by molar-refractivity contribution is -0.139. The van der Waals surface area contributed by atoms with E-state index in [0.717, 1.165) is 23.4 Å². The first-order chi connectivity index (χ1) is 15.5. The summed E-state index contributed by atoms with van der Waals surface area (Å²) in [5, 5.41) is 3.11. The third-order valence-corrected chi connectivity index (χ3v) is 6.41. The van der Waals surface area contributed by atoms with Crippen LogP contribution >= 0.6 is 11.6 Å². The van der Waals surface area contributed by atoms with Gasteiger partial charge in [0.25, 0.3) is 0 Å². The van der Waals surface area contributed by atoms with Gasteiger partial charge in [-0.15, -0.1) is 0 Å². The van der Waals surface area contributed by atoms with Gasteiger partial charge >= 0.3 is 0 Å². The molecule has 0 aliphatic carbocycles. The van der Waals surface area contributed by atoms with Crippen molar-refractivity contribution in [3.63, 3.8) is 0 Å². The molecule has 2 rings (SSSR count). The van der Waals surface area contributed by atoms with Crippen molar-refractivity contribution >= 4 is 39.1 Å². The van der Waals surface area contributed by atoms with Gasteiger partial charge in [-0.25, -0.2) is 12.8 Å². The van der Waals surface area contributed by atoms with Crippen LogP contribution in [-0.4, -0.2) is 50.5 Å². The monoisotopic (exact) mass is 497 g/mol. The minimum absolute atomic E-state index is 0.00856. The molecule has 0 heterocycles. The molecular weight excluding hydrogens is 469 g/mol. The van der Waals surface area contributed by atoms with Crippen molar-refractivity contribution in [3.8, 4) is 0 Å². The molecule has 2 amide bonds. The van der Waals surface area contributed by atoms with Crippen LogP contribution in [0, 0.1) is 5.82 Å². The Labute approximate surface area is 199 Å². The van der Waals surface area contributed by atoms with Crippen LogP contribution in [0.2, 0.25) is 5.02 Å². The van der Waals surface area contributed by atoms with E-state index in [-0.39, 0.29) is 18.1 Å². The molecule has 0 aliphatic rings. The first kappa shape index (κ1) is 26.6. The zero-order valence-corrected chi connectivity index (χ0v) is 20.5. The second-order valence-electron chi connectivity index (χ2n) is 7.72. The molecule has 0 saturated heterocycles. The Morgan fingerprint density at radius 3 is 2.39 bits per heavy atom. The summed E-state index contributed by atoms with van der Waals surface area (Å²) in [6.07, 6.45) is 2.68. The SMILES string of the molecule is CCCCNC(=O)[C@@H](C)N(Cc1ccc(F)cc1)C(=O)CN(c1cccc(Cl)c1)S(C)(=O)=O. The number of hydrogen-bond donors (Lipinski definition) is 1. The van der Waals surface area contributed by atoms with Gasteiger partial charge in [0.1, 0.15) is 18.4 Å². The molecule has 0 saturated carbocycles. The largest absolute Gasteiger partial charge is 0.354 e. The van der Waals surface area contributed by atoms with E-state index >= 15 is 0 Å². The highest BCUT2D eigenvalue weighted by molar-refractivity contribution is 7.92. The molecule has 180 valence electrons. The predicted octanol–water partition coefficient (Wildman–Crippen LogP) is 3.58. The molecule has 0 radical (unpaired) electrons. The number of halogens is 2. The molecule has 33 heavy (non-hydrogen) atoms. The molecule has 10 heteroatoms. The first-order valence-electron chi connectivity index (χ1n) is 10.6. The number of nitrogens with zero attached hydrogens (tertiary/aromatic N) is 2. The molecule has 1 atom stereocenters. The maximum atomic E-state index is 13.3. The Morgan fingerprint density at radius 2 is 1.82 bits per heavy atom. The van der Waals surface area contributed by atoms with Gasteiger partial charge in [-0.1, -0.05) is 43.1 Å². The maximum absolute atomic E-state index is 13.3. The number of rotatable bonds is 11. The summed E-state index contributed by atoms with van der Waals surface area (Å²) in [5.41, 5.74) is 0.840. The number of benzene rings is 2. The fourth-order valence-corrected chi connectivity index (χ4v) is 4.18. The maximum Gasteiger partial charge on any atom is 0.244 e. The van der Waals surface area contributed by atoms with Gasteiger partial charge in [0.05, 0.1) is 11.9 Å². The van der Waals surface area contributed by atoms with Crippen LogP contribution in [0.25, 0.3) is 0 Å². The topological polar surface area (TPSA) is 86.8 Å². The third kappa shape index (κ3) is 8.01. The van der Waals surface area contributed by atoms with Crippen LogP contribution in [0.15, 0.2) is 48.5 Å².